The molecule has 0 bridgehead atoms. The zero-order valence-corrected chi connectivity index (χ0v) is 8.70. The summed E-state index contributed by atoms with van der Waals surface area (Å²) in [5, 5.41) is 8.95. The van der Waals surface area contributed by atoms with Crippen molar-refractivity contribution in [3.8, 4) is 0 Å². The topological polar surface area (TPSA) is 59.0 Å². The molecule has 0 aromatic carbocycles. The highest BCUT2D eigenvalue weighted by molar-refractivity contribution is 9.18. The van der Waals surface area contributed by atoms with Gasteiger partial charge in [0.15, 0.2) is 6.23 Å². The molecule has 5 nitrogen and oxygen atoms in total. The molecule has 1 atom stereocenters. The molecule has 1 amide bonds. The molecule has 0 aromatic heterocycles. The van der Waals surface area contributed by atoms with Crippen LogP contribution < -0.4 is 0 Å². The lowest BCUT2D eigenvalue weighted by Gasteiger charge is -2.30. The molecule has 1 rings (SSSR count). The van der Waals surface area contributed by atoms with E-state index in [1.54, 1.807) is 0 Å². The van der Waals surface area contributed by atoms with Gasteiger partial charge in [0, 0.05) is 22.5 Å². The standard InChI is InChI=1S/C7H12BrNO4/c8-7(11)9-1-2-12-3-4-13-6(9)5-10/h6,10H,1-5H2. The van der Waals surface area contributed by atoms with Gasteiger partial charge in [-0.1, -0.05) is 0 Å². The van der Waals surface area contributed by atoms with Crippen LogP contribution in [0.5, 0.6) is 0 Å². The fraction of sp³-hybridized carbons (Fsp3) is 0.857. The molecule has 13 heavy (non-hydrogen) atoms. The summed E-state index contributed by atoms with van der Waals surface area (Å²) in [6.07, 6.45) is -0.559. The number of hydrogen-bond donors (Lipinski definition) is 1. The van der Waals surface area contributed by atoms with Gasteiger partial charge in [0.2, 0.25) is 0 Å². The number of hydrogen-bond acceptors (Lipinski definition) is 4. The first-order chi connectivity index (χ1) is 6.25. The molecule has 1 N–H and O–H groups in total. The van der Waals surface area contributed by atoms with Crippen LogP contribution in [0.1, 0.15) is 0 Å². The van der Waals surface area contributed by atoms with Crippen molar-refractivity contribution in [1.82, 2.24) is 4.90 Å². The highest BCUT2D eigenvalue weighted by Crippen LogP contribution is 2.08. The van der Waals surface area contributed by atoms with E-state index in [2.05, 4.69) is 15.9 Å². The van der Waals surface area contributed by atoms with Crippen molar-refractivity contribution in [2.45, 2.75) is 6.23 Å². The van der Waals surface area contributed by atoms with Gasteiger partial charge in [-0.3, -0.25) is 4.79 Å². The normalized spacial score (nSPS) is 25.1. The molecular weight excluding hydrogens is 242 g/mol. The molecule has 1 saturated heterocycles. The van der Waals surface area contributed by atoms with Gasteiger partial charge < -0.3 is 19.5 Å². The Morgan fingerprint density at radius 1 is 1.54 bits per heavy atom. The van der Waals surface area contributed by atoms with Crippen LogP contribution in [0.4, 0.5) is 4.79 Å². The monoisotopic (exact) mass is 253 g/mol. The second kappa shape index (κ2) is 5.54. The summed E-state index contributed by atoms with van der Waals surface area (Å²) in [7, 11) is 0. The SMILES string of the molecule is O=C(Br)N1CCOCCOC1CO. The minimum atomic E-state index is -0.559. The number of rotatable bonds is 1. The van der Waals surface area contributed by atoms with Crippen LogP contribution in [0.25, 0.3) is 0 Å². The summed E-state index contributed by atoms with van der Waals surface area (Å²) in [4.78, 5) is 12.1. The maximum absolute atomic E-state index is 11.0. The fourth-order valence-electron chi connectivity index (χ4n) is 1.09. The molecule has 0 saturated carbocycles. The largest absolute Gasteiger partial charge is 0.392 e. The predicted octanol–water partition coefficient (Wildman–Crippen LogP) is 0.168. The van der Waals surface area contributed by atoms with Crippen molar-refractivity contribution >= 4 is 20.7 Å². The van der Waals surface area contributed by atoms with E-state index < -0.39 is 6.23 Å². The van der Waals surface area contributed by atoms with Gasteiger partial charge in [-0.2, -0.15) is 0 Å². The minimum absolute atomic E-state index is 0.197. The molecule has 1 aliphatic heterocycles. The average Bonchev–Trinajstić information content (AvgIpc) is 2.03. The van der Waals surface area contributed by atoms with E-state index in [9.17, 15) is 4.79 Å². The van der Waals surface area contributed by atoms with E-state index in [1.165, 1.54) is 4.90 Å². The maximum atomic E-state index is 11.0. The van der Waals surface area contributed by atoms with Crippen LogP contribution in [0.3, 0.4) is 0 Å². The second-order valence-corrected chi connectivity index (χ2v) is 3.25. The summed E-state index contributed by atoms with van der Waals surface area (Å²) in [5.41, 5.74) is 0. The summed E-state index contributed by atoms with van der Waals surface area (Å²) in [6, 6.07) is 0. The lowest BCUT2D eigenvalue weighted by atomic mass is 10.4. The van der Waals surface area contributed by atoms with Gasteiger partial charge in [-0.25, -0.2) is 0 Å². The Labute approximate surface area is 84.7 Å². The predicted molar refractivity (Wildman–Crippen MR) is 48.7 cm³/mol. The van der Waals surface area contributed by atoms with Crippen LogP contribution in [-0.4, -0.2) is 54.0 Å². The Kier molecular flexibility index (Phi) is 4.65. The zero-order chi connectivity index (χ0) is 9.68. The van der Waals surface area contributed by atoms with Gasteiger partial charge in [-0.15, -0.1) is 0 Å². The smallest absolute Gasteiger partial charge is 0.291 e. The molecule has 1 aliphatic rings. The van der Waals surface area contributed by atoms with Gasteiger partial charge in [-0.05, 0) is 0 Å². The Balaban J connectivity index is 2.55. The second-order valence-electron chi connectivity index (χ2n) is 2.57. The Hall–Kier alpha value is -0.170. The van der Waals surface area contributed by atoms with Gasteiger partial charge in [0.25, 0.3) is 4.82 Å². The summed E-state index contributed by atoms with van der Waals surface area (Å²) < 4.78 is 10.3. The van der Waals surface area contributed by atoms with Crippen LogP contribution in [0.2, 0.25) is 0 Å². The van der Waals surface area contributed by atoms with E-state index in [4.69, 9.17) is 14.6 Å². The number of carbonyl (C=O) groups excluding carboxylic acids is 1. The third-order valence-corrected chi connectivity index (χ3v) is 2.20. The third-order valence-electron chi connectivity index (χ3n) is 1.74. The van der Waals surface area contributed by atoms with E-state index >= 15 is 0 Å². The Bertz CT molecular complexity index is 178. The first-order valence-corrected chi connectivity index (χ1v) is 4.81. The van der Waals surface area contributed by atoms with Crippen molar-refractivity contribution in [1.29, 1.82) is 0 Å². The molecule has 76 valence electrons. The van der Waals surface area contributed by atoms with E-state index in [-0.39, 0.29) is 11.4 Å². The van der Waals surface area contributed by atoms with Crippen LogP contribution >= 0.6 is 15.9 Å². The molecule has 1 unspecified atom stereocenters. The molecule has 6 heteroatoms. The Morgan fingerprint density at radius 3 is 2.92 bits per heavy atom. The van der Waals surface area contributed by atoms with Crippen LogP contribution in [-0.2, 0) is 9.47 Å². The molecule has 0 aliphatic carbocycles. The quantitative estimate of drug-likeness (QED) is 0.535. The molecule has 0 radical (unpaired) electrons. The molecule has 0 aromatic rings. The number of nitrogens with zero attached hydrogens (tertiary/aromatic N) is 1. The number of aliphatic hydroxyl groups is 1. The number of carbonyl (C=O) groups is 1. The van der Waals surface area contributed by atoms with E-state index in [1.807, 2.05) is 0 Å². The average molecular weight is 254 g/mol. The summed E-state index contributed by atoms with van der Waals surface area (Å²) >= 11 is 2.82. The first-order valence-electron chi connectivity index (χ1n) is 4.02. The van der Waals surface area contributed by atoms with Gasteiger partial charge >= 0.3 is 0 Å². The molecule has 1 heterocycles. The van der Waals surface area contributed by atoms with Crippen LogP contribution in [0.15, 0.2) is 0 Å². The van der Waals surface area contributed by atoms with Crippen LogP contribution in [0, 0.1) is 0 Å². The van der Waals surface area contributed by atoms with Crippen molar-refractivity contribution in [2.24, 2.45) is 0 Å². The van der Waals surface area contributed by atoms with Crippen molar-refractivity contribution < 1.29 is 19.4 Å². The Morgan fingerprint density at radius 2 is 2.31 bits per heavy atom. The van der Waals surface area contributed by atoms with Crippen molar-refractivity contribution in [3.63, 3.8) is 0 Å². The maximum Gasteiger partial charge on any atom is 0.291 e. The summed E-state index contributed by atoms with van der Waals surface area (Å²) in [5.74, 6) is 0. The zero-order valence-electron chi connectivity index (χ0n) is 7.11. The van der Waals surface area contributed by atoms with Crippen molar-refractivity contribution in [3.05, 3.63) is 0 Å². The lowest BCUT2D eigenvalue weighted by molar-refractivity contribution is -0.103. The van der Waals surface area contributed by atoms with E-state index in [0.29, 0.717) is 26.4 Å². The molecule has 1 fully saturated rings. The van der Waals surface area contributed by atoms with E-state index in [0.717, 1.165) is 0 Å². The minimum Gasteiger partial charge on any atom is -0.392 e. The first kappa shape index (κ1) is 10.9. The molecule has 0 spiro atoms. The number of amides is 1. The number of ether oxygens (including phenoxy) is 2. The lowest BCUT2D eigenvalue weighted by Crippen LogP contribution is -2.45. The molecular formula is C7H12BrNO4. The summed E-state index contributed by atoms with van der Waals surface area (Å²) in [6.45, 7) is 1.59. The number of aliphatic hydroxyl groups excluding tert-OH is 1. The van der Waals surface area contributed by atoms with Crippen molar-refractivity contribution in [2.75, 3.05) is 33.0 Å². The van der Waals surface area contributed by atoms with Gasteiger partial charge in [0.05, 0.1) is 26.4 Å². The number of halogens is 1. The highest BCUT2D eigenvalue weighted by Gasteiger charge is 2.22. The highest BCUT2D eigenvalue weighted by atomic mass is 79.9. The fourth-order valence-corrected chi connectivity index (χ4v) is 1.50. The van der Waals surface area contributed by atoms with Gasteiger partial charge in [0.1, 0.15) is 0 Å². The third kappa shape index (κ3) is 3.22.